The molecule has 3 fully saturated rings. The van der Waals surface area contributed by atoms with Crippen molar-refractivity contribution in [2.24, 2.45) is 35.5 Å². The van der Waals surface area contributed by atoms with Gasteiger partial charge in [-0.05, 0) is 107 Å². The van der Waals surface area contributed by atoms with Crippen LogP contribution in [-0.2, 0) is 57.2 Å². The van der Waals surface area contributed by atoms with E-state index in [2.05, 4.69) is 0 Å². The van der Waals surface area contributed by atoms with Crippen LogP contribution in [0.4, 0.5) is 4.79 Å². The molecule has 400 valence electrons. The number of Topliss-reactive ketones (excluding diaryl/α,β-unsaturated/α-hetero) is 3. The Hall–Kier alpha value is -4.10. The zero-order chi connectivity index (χ0) is 52.7. The fourth-order valence-corrected chi connectivity index (χ4v) is 10.5. The third kappa shape index (κ3) is 15.9. The smallest absolute Gasteiger partial charge is 0.434 e. The first-order valence-corrected chi connectivity index (χ1v) is 25.6. The van der Waals surface area contributed by atoms with Gasteiger partial charge in [-0.15, -0.1) is 0 Å². The van der Waals surface area contributed by atoms with Gasteiger partial charge in [0, 0.05) is 65.5 Å². The summed E-state index contributed by atoms with van der Waals surface area (Å²) in [6, 6.07) is -1.18. The van der Waals surface area contributed by atoms with E-state index in [-0.39, 0.29) is 42.8 Å². The highest BCUT2D eigenvalue weighted by Gasteiger charge is 2.53. The van der Waals surface area contributed by atoms with E-state index in [0.29, 0.717) is 69.8 Å². The monoisotopic (exact) mass is 1000 g/mol. The first-order valence-electron chi connectivity index (χ1n) is 25.6. The number of nitrogens with zero attached hydrogens (tertiary/aromatic N) is 2. The second-order valence-electron chi connectivity index (χ2n) is 20.6. The summed E-state index contributed by atoms with van der Waals surface area (Å²) in [4.78, 5) is 89.8. The molecule has 0 aromatic rings. The van der Waals surface area contributed by atoms with Crippen molar-refractivity contribution in [3.8, 4) is 0 Å². The summed E-state index contributed by atoms with van der Waals surface area (Å²) >= 11 is 0. The summed E-state index contributed by atoms with van der Waals surface area (Å²) < 4.78 is 35.4. The number of cyclic esters (lactones) is 1. The predicted octanol–water partition coefficient (Wildman–Crippen LogP) is 6.82. The number of ether oxygens (including phenoxy) is 6. The van der Waals surface area contributed by atoms with Crippen molar-refractivity contribution in [2.45, 2.75) is 180 Å². The Balaban J connectivity index is 1.69. The number of esters is 1. The van der Waals surface area contributed by atoms with E-state index >= 15 is 0 Å². The minimum Gasteiger partial charge on any atom is -0.460 e. The number of aliphatic hydroxyl groups excluding tert-OH is 1. The fraction of sp³-hybridized carbons (Fsp3) is 0.741. The third-order valence-electron chi connectivity index (χ3n) is 15.2. The van der Waals surface area contributed by atoms with Crippen LogP contribution in [0, 0.1) is 35.5 Å². The SMILES string of the molecule is CO[C@H]1C[C@@H]2CC[C@@H](C)[C@@](O)(O2)C(=O)C(=O)N2CCCC[C@H]2C(=O)O[C@H]([C@H](C)C[C@@H]2CC[C@@H](OC(=O)N(C)OC)[C@H](OC)C2)CC(=O)[C@H](C)/C=C(\C)[C@@H](O)[C@@H](OC)C(=O)C(C)C[C@H](C)/C=C/C=C/C=C/1C. The number of carbonyl (C=O) groups excluding carboxylic acids is 6. The van der Waals surface area contributed by atoms with Gasteiger partial charge in [-0.1, -0.05) is 71.1 Å². The van der Waals surface area contributed by atoms with Gasteiger partial charge in [0.05, 0.1) is 25.4 Å². The number of rotatable bonds is 8. The van der Waals surface area contributed by atoms with Gasteiger partial charge in [0.2, 0.25) is 5.79 Å². The van der Waals surface area contributed by atoms with E-state index in [1.807, 2.05) is 51.2 Å². The van der Waals surface area contributed by atoms with Gasteiger partial charge in [0.1, 0.15) is 36.2 Å². The molecule has 2 bridgehead atoms. The number of methoxy groups -OCH3 is 3. The average Bonchev–Trinajstić information content (AvgIpc) is 3.35. The summed E-state index contributed by atoms with van der Waals surface area (Å²) in [5.74, 6) is -8.34. The number of allylic oxidation sites excluding steroid dienone is 6. The van der Waals surface area contributed by atoms with Crippen LogP contribution >= 0.6 is 0 Å². The average molecular weight is 1000 g/mol. The van der Waals surface area contributed by atoms with Crippen molar-refractivity contribution in [2.75, 3.05) is 42.0 Å². The molecule has 4 rings (SSSR count). The molecule has 1 unspecified atom stereocenters. The maximum atomic E-state index is 14.5. The van der Waals surface area contributed by atoms with Crippen molar-refractivity contribution in [3.63, 3.8) is 0 Å². The molecule has 2 amide bonds. The number of hydroxylamine groups is 2. The number of piperidine rings is 1. The van der Waals surface area contributed by atoms with E-state index in [0.717, 1.165) is 10.6 Å². The number of hydrogen-bond acceptors (Lipinski definition) is 15. The lowest BCUT2D eigenvalue weighted by Gasteiger charge is -2.42. The summed E-state index contributed by atoms with van der Waals surface area (Å²) in [5.41, 5.74) is 1.24. The molecule has 3 aliphatic heterocycles. The second kappa shape index (κ2) is 27.8. The summed E-state index contributed by atoms with van der Waals surface area (Å²) in [6.07, 6.45) is 9.88. The zero-order valence-electron chi connectivity index (χ0n) is 44.3. The van der Waals surface area contributed by atoms with Crippen molar-refractivity contribution < 1.29 is 72.2 Å². The van der Waals surface area contributed by atoms with Gasteiger partial charge in [-0.25, -0.2) is 9.59 Å². The van der Waals surface area contributed by atoms with Gasteiger partial charge < -0.3 is 43.5 Å². The van der Waals surface area contributed by atoms with E-state index in [4.69, 9.17) is 33.3 Å². The zero-order valence-corrected chi connectivity index (χ0v) is 44.3. The van der Waals surface area contributed by atoms with Crippen LogP contribution in [0.3, 0.4) is 0 Å². The lowest BCUT2D eigenvalue weighted by atomic mass is 9.78. The normalized spacial score (nSPS) is 37.9. The standard InChI is InChI=1S/C54H84N2O15/c1-32-18-14-13-15-19-33(2)44(65-9)30-40-23-21-38(7)54(64,71-40)50(60)51(61)56-25-17-16-20-41(56)52(62)69-45(31-42(57)34(3)27-37(6)48(59)49(67-11)47(58)36(5)26-32)35(4)28-39-22-24-43(46(29-39)66-10)70-53(63)55(8)68-12/h13-15,18-19,27,32,34-36,38-41,43-46,48-49,59,64H,16-17,20-26,28-31H2,1-12H3/b15-13+,18-14+,33-19+,37-27+/t32-,34-,35-,36?,38-,39+,40+,41+,43-,44+,45+,46-,48-,49+,54-/m1/s1. The Morgan fingerprint density at radius 1 is 0.873 bits per heavy atom. The lowest BCUT2D eigenvalue weighted by Crippen LogP contribution is -2.61. The third-order valence-corrected chi connectivity index (χ3v) is 15.2. The minimum absolute atomic E-state index is 0.00393. The van der Waals surface area contributed by atoms with Crippen LogP contribution in [0.5, 0.6) is 0 Å². The highest BCUT2D eigenvalue weighted by Crippen LogP contribution is 2.38. The molecule has 17 heteroatoms. The lowest BCUT2D eigenvalue weighted by molar-refractivity contribution is -0.265. The number of amides is 2. The van der Waals surface area contributed by atoms with Crippen LogP contribution in [0.2, 0.25) is 0 Å². The van der Waals surface area contributed by atoms with E-state index in [1.54, 1.807) is 48.0 Å². The maximum absolute atomic E-state index is 14.5. The van der Waals surface area contributed by atoms with Crippen LogP contribution in [0.25, 0.3) is 0 Å². The molecule has 1 aliphatic carbocycles. The maximum Gasteiger partial charge on any atom is 0.434 e. The molecular weight excluding hydrogens is 917 g/mol. The van der Waals surface area contributed by atoms with E-state index in [9.17, 15) is 39.0 Å². The van der Waals surface area contributed by atoms with Crippen molar-refractivity contribution in [3.05, 3.63) is 47.6 Å². The molecule has 2 saturated heterocycles. The number of fused-ring (bicyclic) bond motifs is 3. The second-order valence-corrected chi connectivity index (χ2v) is 20.6. The van der Waals surface area contributed by atoms with Crippen LogP contribution < -0.4 is 0 Å². The molecule has 1 saturated carbocycles. The van der Waals surface area contributed by atoms with Gasteiger partial charge in [0.25, 0.3) is 11.7 Å². The van der Waals surface area contributed by atoms with Gasteiger partial charge in [-0.2, -0.15) is 5.06 Å². The largest absolute Gasteiger partial charge is 0.460 e. The van der Waals surface area contributed by atoms with E-state index in [1.165, 1.54) is 26.2 Å². The Morgan fingerprint density at radius 3 is 2.25 bits per heavy atom. The minimum atomic E-state index is -2.45. The predicted molar refractivity (Wildman–Crippen MR) is 264 cm³/mol. The molecule has 4 aliphatic rings. The van der Waals surface area contributed by atoms with E-state index < -0.39 is 102 Å². The van der Waals surface area contributed by atoms with Gasteiger partial charge in [0.15, 0.2) is 5.78 Å². The Morgan fingerprint density at radius 2 is 1.59 bits per heavy atom. The summed E-state index contributed by atoms with van der Waals surface area (Å²) in [7, 11) is 7.30. The molecular formula is C54H84N2O15. The quantitative estimate of drug-likeness (QED) is 0.111. The highest BCUT2D eigenvalue weighted by molar-refractivity contribution is 6.39. The number of carbonyl (C=O) groups is 6. The molecule has 0 radical (unpaired) electrons. The Bertz CT molecular complexity index is 1950. The molecule has 0 aromatic heterocycles. The summed E-state index contributed by atoms with van der Waals surface area (Å²) in [6.45, 7) is 12.6. The molecule has 0 aromatic carbocycles. The highest BCUT2D eigenvalue weighted by atomic mass is 16.7. The molecule has 17 nitrogen and oxygen atoms in total. The molecule has 3 heterocycles. The number of ketones is 3. The van der Waals surface area contributed by atoms with Crippen molar-refractivity contribution in [1.82, 2.24) is 9.96 Å². The van der Waals surface area contributed by atoms with Crippen LogP contribution in [0.15, 0.2) is 47.6 Å². The van der Waals surface area contributed by atoms with Crippen LogP contribution in [0.1, 0.15) is 126 Å². The first kappa shape index (κ1) is 59.5. The Labute approximate surface area is 421 Å². The topological polar surface area (TPSA) is 214 Å². The number of aliphatic hydroxyl groups is 2. The van der Waals surface area contributed by atoms with Gasteiger partial charge in [-0.3, -0.25) is 24.0 Å². The fourth-order valence-electron chi connectivity index (χ4n) is 10.5. The van der Waals surface area contributed by atoms with Crippen molar-refractivity contribution in [1.29, 1.82) is 0 Å². The first-order chi connectivity index (χ1) is 33.6. The molecule has 15 atom stereocenters. The molecule has 2 N–H and O–H groups in total. The molecule has 71 heavy (non-hydrogen) atoms. The van der Waals surface area contributed by atoms with Gasteiger partial charge >= 0.3 is 12.1 Å². The van der Waals surface area contributed by atoms with Crippen molar-refractivity contribution >= 4 is 35.3 Å². The Kier molecular flexibility index (Phi) is 23.3. The summed E-state index contributed by atoms with van der Waals surface area (Å²) in [5, 5.41) is 24.5. The number of hydrogen-bond donors (Lipinski definition) is 2. The van der Waals surface area contributed by atoms with Crippen LogP contribution in [-0.4, -0.2) is 152 Å². The molecule has 0 spiro atoms.